The Morgan fingerprint density at radius 1 is 1.35 bits per heavy atom. The van der Waals surface area contributed by atoms with Gasteiger partial charge in [0.25, 0.3) is 0 Å². The summed E-state index contributed by atoms with van der Waals surface area (Å²) < 4.78 is 4.59. The van der Waals surface area contributed by atoms with Gasteiger partial charge in [0.1, 0.15) is 0 Å². The van der Waals surface area contributed by atoms with Crippen LogP contribution in [-0.4, -0.2) is 40.9 Å². The number of aliphatic imine (C=N–C) groups is 1. The summed E-state index contributed by atoms with van der Waals surface area (Å²) in [6.07, 6.45) is 3.83. The van der Waals surface area contributed by atoms with Crippen molar-refractivity contribution >= 4 is 19.2 Å². The normalized spacial score (nSPS) is 9.82. The molecule has 0 spiro atoms. The van der Waals surface area contributed by atoms with Gasteiger partial charge in [0.15, 0.2) is 5.96 Å². The highest BCUT2D eigenvalue weighted by molar-refractivity contribution is 6.32. The van der Waals surface area contributed by atoms with Crippen molar-refractivity contribution in [3.8, 4) is 0 Å². The molecule has 0 aromatic rings. The van der Waals surface area contributed by atoms with E-state index < -0.39 is 7.32 Å². The smallest absolute Gasteiger partial charge is 0.400 e. The highest BCUT2D eigenvalue weighted by atomic mass is 16.7. The van der Waals surface area contributed by atoms with Gasteiger partial charge in [-0.3, -0.25) is 10.2 Å². The van der Waals surface area contributed by atoms with Crippen LogP contribution in [0.3, 0.4) is 0 Å². The average Bonchev–Trinajstić information content (AvgIpc) is 2.21. The first kappa shape index (κ1) is 15.7. The number of guanidine groups is 2. The quantitative estimate of drug-likeness (QED) is 0.128. The Bertz CT molecular complexity index is 258. The third-order valence-electron chi connectivity index (χ3n) is 1.91. The Hall–Kier alpha value is -1.32. The Labute approximate surface area is 101 Å². The van der Waals surface area contributed by atoms with Gasteiger partial charge in [0, 0.05) is 6.54 Å². The molecule has 0 amide bonds. The van der Waals surface area contributed by atoms with Crippen LogP contribution in [0.4, 0.5) is 0 Å². The molecule has 0 heterocycles. The maximum absolute atomic E-state index is 8.69. The van der Waals surface area contributed by atoms with Crippen LogP contribution in [0.15, 0.2) is 4.99 Å². The van der Waals surface area contributed by atoms with Crippen LogP contribution in [0.25, 0.3) is 0 Å². The molecule has 8 nitrogen and oxygen atoms in total. The number of nitrogens with two attached hydrogens (primary N) is 2. The van der Waals surface area contributed by atoms with Crippen LogP contribution in [0.5, 0.6) is 0 Å². The monoisotopic (exact) mass is 245 g/mol. The number of rotatable bonds is 7. The van der Waals surface area contributed by atoms with E-state index >= 15 is 0 Å². The number of nitrogens with zero attached hydrogens (tertiary/aromatic N) is 2. The summed E-state index contributed by atoms with van der Waals surface area (Å²) in [7, 11) is -2.00. The molecule has 9 heteroatoms. The molecule has 0 unspecified atom stereocenters. The summed E-state index contributed by atoms with van der Waals surface area (Å²) in [5.41, 5.74) is 10.2. The molecule has 0 fully saturated rings. The number of nitrogens with one attached hydrogen (secondary N) is 1. The first-order valence-corrected chi connectivity index (χ1v) is 5.46. The van der Waals surface area contributed by atoms with Gasteiger partial charge in [-0.15, -0.1) is 0 Å². The molecule has 0 saturated heterocycles. The lowest BCUT2D eigenvalue weighted by atomic mass is 10.2. The predicted octanol–water partition coefficient (Wildman–Crippen LogP) is -1.02. The third kappa shape index (κ3) is 8.49. The van der Waals surface area contributed by atoms with Gasteiger partial charge in [0.05, 0.1) is 0 Å². The second-order valence-corrected chi connectivity index (χ2v) is 3.45. The fraction of sp³-hybridized carbons (Fsp3) is 0.750. The fourth-order valence-electron chi connectivity index (χ4n) is 1.18. The lowest BCUT2D eigenvalue weighted by molar-refractivity contribution is -0.0323. The molecule has 0 saturated carbocycles. The van der Waals surface area contributed by atoms with Crippen molar-refractivity contribution < 1.29 is 14.8 Å². The molecule has 0 aliphatic heterocycles. The number of hydrogen-bond donors (Lipinski definition) is 5. The van der Waals surface area contributed by atoms with E-state index in [0.29, 0.717) is 6.54 Å². The van der Waals surface area contributed by atoms with E-state index in [1.807, 2.05) is 0 Å². The molecular formula is C8H20BN5O3. The maximum Gasteiger partial charge on any atom is 0.656 e. The lowest BCUT2D eigenvalue weighted by Gasteiger charge is -2.21. The molecule has 0 radical (unpaired) electrons. The van der Waals surface area contributed by atoms with Gasteiger partial charge in [-0.05, 0) is 6.42 Å². The standard InChI is InChI=1S/C8H20BN5O3/c1-2-3-4-5-6-14(17-9(15)16)8(12)13-7(10)11/h15-16H,2-6H2,1H3,(H5,10,11,12,13). The maximum atomic E-state index is 8.69. The van der Waals surface area contributed by atoms with E-state index in [1.165, 1.54) is 0 Å². The van der Waals surface area contributed by atoms with Crippen molar-refractivity contribution in [3.05, 3.63) is 0 Å². The Balaban J connectivity index is 4.23. The predicted molar refractivity (Wildman–Crippen MR) is 65.7 cm³/mol. The van der Waals surface area contributed by atoms with Crippen LogP contribution in [0, 0.1) is 5.41 Å². The second-order valence-electron chi connectivity index (χ2n) is 3.45. The van der Waals surface area contributed by atoms with Gasteiger partial charge in [-0.25, -0.2) is 5.06 Å². The van der Waals surface area contributed by atoms with Crippen LogP contribution >= 0.6 is 0 Å². The summed E-state index contributed by atoms with van der Waals surface area (Å²) in [6.45, 7) is 2.39. The zero-order chi connectivity index (χ0) is 13.3. The minimum atomic E-state index is -2.00. The van der Waals surface area contributed by atoms with E-state index in [4.69, 9.17) is 26.9 Å². The largest absolute Gasteiger partial charge is 0.656 e. The van der Waals surface area contributed by atoms with E-state index in [9.17, 15) is 0 Å². The van der Waals surface area contributed by atoms with Crippen molar-refractivity contribution in [1.29, 1.82) is 5.41 Å². The molecule has 0 bridgehead atoms. The molecule has 0 atom stereocenters. The SMILES string of the molecule is CCCCCCN(OB(O)O)C(=N)N=C(N)N. The van der Waals surface area contributed by atoms with Crippen LogP contribution < -0.4 is 11.5 Å². The van der Waals surface area contributed by atoms with Gasteiger partial charge >= 0.3 is 7.32 Å². The molecule has 0 aromatic heterocycles. The molecular weight excluding hydrogens is 225 g/mol. The summed E-state index contributed by atoms with van der Waals surface area (Å²) in [6, 6.07) is 0. The van der Waals surface area contributed by atoms with Crippen LogP contribution in [-0.2, 0) is 4.76 Å². The van der Waals surface area contributed by atoms with E-state index in [2.05, 4.69) is 16.7 Å². The summed E-state index contributed by atoms with van der Waals surface area (Å²) >= 11 is 0. The highest BCUT2D eigenvalue weighted by Crippen LogP contribution is 2.03. The second kappa shape index (κ2) is 8.79. The zero-order valence-corrected chi connectivity index (χ0v) is 9.96. The van der Waals surface area contributed by atoms with Gasteiger partial charge in [-0.1, -0.05) is 26.2 Å². The third-order valence-corrected chi connectivity index (χ3v) is 1.91. The Morgan fingerprint density at radius 3 is 2.47 bits per heavy atom. The Kier molecular flexibility index (Phi) is 8.11. The highest BCUT2D eigenvalue weighted by Gasteiger charge is 2.18. The first-order chi connectivity index (χ1) is 7.97. The van der Waals surface area contributed by atoms with Gasteiger partial charge < -0.3 is 21.5 Å². The molecule has 98 valence electrons. The molecule has 0 aliphatic carbocycles. The van der Waals surface area contributed by atoms with E-state index in [-0.39, 0.29) is 11.9 Å². The van der Waals surface area contributed by atoms with Crippen LogP contribution in [0.2, 0.25) is 0 Å². The van der Waals surface area contributed by atoms with Crippen LogP contribution in [0.1, 0.15) is 32.6 Å². The molecule has 17 heavy (non-hydrogen) atoms. The summed E-state index contributed by atoms with van der Waals surface area (Å²) in [5, 5.41) is 25.8. The zero-order valence-electron chi connectivity index (χ0n) is 9.96. The van der Waals surface area contributed by atoms with E-state index in [1.54, 1.807) is 0 Å². The lowest BCUT2D eigenvalue weighted by Crippen LogP contribution is -2.38. The van der Waals surface area contributed by atoms with Crippen molar-refractivity contribution in [2.45, 2.75) is 32.6 Å². The van der Waals surface area contributed by atoms with Gasteiger partial charge in [0.2, 0.25) is 5.96 Å². The number of unbranched alkanes of at least 4 members (excludes halogenated alkanes) is 3. The minimum absolute atomic E-state index is 0.287. The van der Waals surface area contributed by atoms with Crippen molar-refractivity contribution in [2.24, 2.45) is 16.5 Å². The molecule has 7 N–H and O–H groups in total. The molecule has 0 aromatic carbocycles. The minimum Gasteiger partial charge on any atom is -0.400 e. The topological polar surface area (TPSA) is 141 Å². The fourth-order valence-corrected chi connectivity index (χ4v) is 1.18. The Morgan fingerprint density at radius 2 is 2.00 bits per heavy atom. The number of hydroxylamine groups is 2. The first-order valence-electron chi connectivity index (χ1n) is 5.46. The number of hydrogen-bond acceptors (Lipinski definition) is 4. The molecule has 0 rings (SSSR count). The van der Waals surface area contributed by atoms with Crippen molar-refractivity contribution in [2.75, 3.05) is 6.54 Å². The summed E-state index contributed by atoms with van der Waals surface area (Å²) in [5.74, 6) is -0.654. The van der Waals surface area contributed by atoms with Gasteiger partial charge in [-0.2, -0.15) is 4.99 Å². The van der Waals surface area contributed by atoms with E-state index in [0.717, 1.165) is 30.7 Å². The van der Waals surface area contributed by atoms with Crippen molar-refractivity contribution in [1.82, 2.24) is 5.06 Å². The van der Waals surface area contributed by atoms with Crippen molar-refractivity contribution in [3.63, 3.8) is 0 Å². The molecule has 0 aliphatic rings. The average molecular weight is 245 g/mol. The summed E-state index contributed by atoms with van der Waals surface area (Å²) in [4.78, 5) is 3.46.